The molecular weight excluding hydrogens is 214 g/mol. The second-order valence-corrected chi connectivity index (χ2v) is 4.46. The van der Waals surface area contributed by atoms with E-state index in [1.54, 1.807) is 0 Å². The van der Waals surface area contributed by atoms with E-state index in [9.17, 15) is 4.79 Å². The number of hydrogen-bond acceptors (Lipinski definition) is 3. The topological polar surface area (TPSA) is 58.4 Å². The molecule has 92 valence electrons. The first-order valence-corrected chi connectivity index (χ1v) is 5.97. The molecule has 0 saturated heterocycles. The lowest BCUT2D eigenvalue weighted by molar-refractivity contribution is -0.119. The second kappa shape index (κ2) is 4.75. The lowest BCUT2D eigenvalue weighted by Gasteiger charge is -2.38. The number of benzene rings is 1. The number of amides is 1. The van der Waals surface area contributed by atoms with E-state index >= 15 is 0 Å². The summed E-state index contributed by atoms with van der Waals surface area (Å²) >= 11 is 0. The number of nitrogens with one attached hydrogen (secondary N) is 1. The van der Waals surface area contributed by atoms with Crippen molar-refractivity contribution in [3.63, 3.8) is 0 Å². The van der Waals surface area contributed by atoms with E-state index in [0.717, 1.165) is 18.7 Å². The number of fused-ring (bicyclic) bond motifs is 1. The van der Waals surface area contributed by atoms with Gasteiger partial charge in [-0.2, -0.15) is 0 Å². The summed E-state index contributed by atoms with van der Waals surface area (Å²) in [5.74, 6) is -0.275. The average Bonchev–Trinajstić information content (AvgIpc) is 2.36. The van der Waals surface area contributed by atoms with E-state index in [1.807, 2.05) is 26.1 Å². The number of para-hydroxylation sites is 1. The molecule has 0 aliphatic carbocycles. The zero-order valence-corrected chi connectivity index (χ0v) is 10.3. The van der Waals surface area contributed by atoms with Crippen molar-refractivity contribution in [1.29, 1.82) is 0 Å². The van der Waals surface area contributed by atoms with E-state index in [2.05, 4.69) is 22.3 Å². The molecule has 1 heterocycles. The van der Waals surface area contributed by atoms with Crippen LogP contribution in [-0.2, 0) is 4.79 Å². The van der Waals surface area contributed by atoms with E-state index in [4.69, 9.17) is 5.73 Å². The van der Waals surface area contributed by atoms with Crippen LogP contribution < -0.4 is 16.0 Å². The minimum Gasteiger partial charge on any atom is -0.368 e. The number of nitrogens with two attached hydrogens (primary N) is 1. The molecule has 2 rings (SSSR count). The monoisotopic (exact) mass is 233 g/mol. The first kappa shape index (κ1) is 11.9. The van der Waals surface area contributed by atoms with Gasteiger partial charge in [0, 0.05) is 18.3 Å². The smallest absolute Gasteiger partial charge is 0.239 e. The Morgan fingerprint density at radius 1 is 1.53 bits per heavy atom. The van der Waals surface area contributed by atoms with Crippen molar-refractivity contribution in [3.8, 4) is 0 Å². The van der Waals surface area contributed by atoms with E-state index in [1.165, 1.54) is 5.56 Å². The number of primary amides is 1. The molecule has 0 fully saturated rings. The molecule has 0 saturated carbocycles. The van der Waals surface area contributed by atoms with Crippen LogP contribution in [-0.4, -0.2) is 25.5 Å². The predicted octanol–water partition coefficient (Wildman–Crippen LogP) is 1.03. The lowest BCUT2D eigenvalue weighted by Crippen LogP contribution is -2.46. The summed E-state index contributed by atoms with van der Waals surface area (Å²) in [6.07, 6.45) is 0.991. The van der Waals surface area contributed by atoms with Crippen molar-refractivity contribution in [2.75, 3.05) is 18.5 Å². The zero-order valence-electron chi connectivity index (χ0n) is 10.3. The molecular formula is C13H19N3O. The Hall–Kier alpha value is -1.55. The van der Waals surface area contributed by atoms with Crippen molar-refractivity contribution < 1.29 is 4.79 Å². The number of anilines is 1. The molecule has 1 aliphatic rings. The Morgan fingerprint density at radius 2 is 2.24 bits per heavy atom. The minimum absolute atomic E-state index is 0.256. The fourth-order valence-corrected chi connectivity index (χ4v) is 2.44. The van der Waals surface area contributed by atoms with Gasteiger partial charge in [-0.25, -0.2) is 0 Å². The molecule has 0 bridgehead atoms. The number of nitrogens with zero attached hydrogens (tertiary/aromatic N) is 1. The van der Waals surface area contributed by atoms with Gasteiger partial charge in [0.25, 0.3) is 0 Å². The highest BCUT2D eigenvalue weighted by molar-refractivity contribution is 5.83. The molecule has 0 aromatic heterocycles. The van der Waals surface area contributed by atoms with Crippen molar-refractivity contribution in [2.45, 2.75) is 25.4 Å². The molecule has 1 aliphatic heterocycles. The van der Waals surface area contributed by atoms with Gasteiger partial charge in [-0.3, -0.25) is 4.79 Å². The Kier molecular flexibility index (Phi) is 3.33. The van der Waals surface area contributed by atoms with E-state index in [-0.39, 0.29) is 11.9 Å². The van der Waals surface area contributed by atoms with Crippen LogP contribution in [0.4, 0.5) is 5.69 Å². The molecule has 4 heteroatoms. The van der Waals surface area contributed by atoms with Crippen LogP contribution in [0.25, 0.3) is 0 Å². The van der Waals surface area contributed by atoms with Crippen molar-refractivity contribution >= 4 is 11.6 Å². The lowest BCUT2D eigenvalue weighted by atomic mass is 9.95. The van der Waals surface area contributed by atoms with Gasteiger partial charge >= 0.3 is 0 Å². The molecule has 1 amide bonds. The van der Waals surface area contributed by atoms with Crippen LogP contribution in [0.3, 0.4) is 0 Å². The highest BCUT2D eigenvalue weighted by atomic mass is 16.1. The number of rotatable bonds is 3. The molecule has 0 spiro atoms. The average molecular weight is 233 g/mol. The zero-order chi connectivity index (χ0) is 12.4. The van der Waals surface area contributed by atoms with Gasteiger partial charge in [0.05, 0.1) is 0 Å². The summed E-state index contributed by atoms with van der Waals surface area (Å²) in [6.45, 7) is 2.71. The van der Waals surface area contributed by atoms with Crippen molar-refractivity contribution in [3.05, 3.63) is 29.8 Å². The third-order valence-corrected chi connectivity index (χ3v) is 3.51. The van der Waals surface area contributed by atoms with Gasteiger partial charge in [0.15, 0.2) is 0 Å². The highest BCUT2D eigenvalue weighted by Gasteiger charge is 2.28. The summed E-state index contributed by atoms with van der Waals surface area (Å²) in [5, 5.41) is 3.31. The van der Waals surface area contributed by atoms with Crippen LogP contribution in [0.5, 0.6) is 0 Å². The SMILES string of the molecule is CNC1CCN(C(C)C(N)=O)c2ccccc21. The summed E-state index contributed by atoms with van der Waals surface area (Å²) in [6, 6.07) is 8.30. The van der Waals surface area contributed by atoms with Crippen LogP contribution in [0.2, 0.25) is 0 Å². The largest absolute Gasteiger partial charge is 0.368 e. The fourth-order valence-electron chi connectivity index (χ4n) is 2.44. The quantitative estimate of drug-likeness (QED) is 0.820. The van der Waals surface area contributed by atoms with E-state index in [0.29, 0.717) is 6.04 Å². The van der Waals surface area contributed by atoms with Crippen LogP contribution >= 0.6 is 0 Å². The van der Waals surface area contributed by atoms with Gasteiger partial charge in [0.1, 0.15) is 6.04 Å². The predicted molar refractivity (Wildman–Crippen MR) is 68.9 cm³/mol. The molecule has 3 N–H and O–H groups in total. The Bertz CT molecular complexity index is 419. The molecule has 17 heavy (non-hydrogen) atoms. The van der Waals surface area contributed by atoms with Gasteiger partial charge < -0.3 is 16.0 Å². The Morgan fingerprint density at radius 3 is 2.88 bits per heavy atom. The summed E-state index contributed by atoms with van der Waals surface area (Å²) in [5.41, 5.74) is 7.75. The first-order chi connectivity index (χ1) is 8.15. The maximum absolute atomic E-state index is 11.3. The number of hydrogen-bond donors (Lipinski definition) is 2. The molecule has 0 radical (unpaired) electrons. The molecule has 1 aromatic carbocycles. The molecule has 2 atom stereocenters. The molecule has 2 unspecified atom stereocenters. The Labute approximate surface area is 102 Å². The number of carbonyl (C=O) groups is 1. The normalized spacial score (nSPS) is 20.8. The van der Waals surface area contributed by atoms with Gasteiger partial charge in [-0.15, -0.1) is 0 Å². The van der Waals surface area contributed by atoms with Gasteiger partial charge in [-0.05, 0) is 32.0 Å². The van der Waals surface area contributed by atoms with Crippen LogP contribution in [0.1, 0.15) is 24.9 Å². The summed E-state index contributed by atoms with van der Waals surface area (Å²) < 4.78 is 0. The van der Waals surface area contributed by atoms with Crippen molar-refractivity contribution in [1.82, 2.24) is 5.32 Å². The summed E-state index contributed by atoms with van der Waals surface area (Å²) in [4.78, 5) is 13.4. The third kappa shape index (κ3) is 2.13. The summed E-state index contributed by atoms with van der Waals surface area (Å²) in [7, 11) is 1.97. The Balaban J connectivity index is 2.37. The van der Waals surface area contributed by atoms with Crippen LogP contribution in [0.15, 0.2) is 24.3 Å². The molecule has 4 nitrogen and oxygen atoms in total. The van der Waals surface area contributed by atoms with Gasteiger partial charge in [-0.1, -0.05) is 18.2 Å². The molecule has 1 aromatic rings. The van der Waals surface area contributed by atoms with E-state index < -0.39 is 0 Å². The van der Waals surface area contributed by atoms with Crippen LogP contribution in [0, 0.1) is 0 Å². The third-order valence-electron chi connectivity index (χ3n) is 3.51. The number of carbonyl (C=O) groups excluding carboxylic acids is 1. The maximum Gasteiger partial charge on any atom is 0.239 e. The highest BCUT2D eigenvalue weighted by Crippen LogP contribution is 2.34. The first-order valence-electron chi connectivity index (χ1n) is 5.97. The standard InChI is InChI=1S/C13H19N3O/c1-9(13(14)17)16-8-7-11(15-2)10-5-3-4-6-12(10)16/h3-6,9,11,15H,7-8H2,1-2H3,(H2,14,17). The van der Waals surface area contributed by atoms with Crippen molar-refractivity contribution in [2.24, 2.45) is 5.73 Å². The maximum atomic E-state index is 11.3. The minimum atomic E-state index is -0.275. The fraction of sp³-hybridized carbons (Fsp3) is 0.462. The second-order valence-electron chi connectivity index (χ2n) is 4.46. The van der Waals surface area contributed by atoms with Gasteiger partial charge in [0.2, 0.25) is 5.91 Å².